The maximum absolute atomic E-state index is 12.7. The number of rotatable bonds is 6. The van der Waals surface area contributed by atoms with Gasteiger partial charge in [0.2, 0.25) is 5.91 Å². The van der Waals surface area contributed by atoms with Gasteiger partial charge < -0.3 is 15.0 Å². The van der Waals surface area contributed by atoms with Crippen LogP contribution in [0, 0.1) is 5.92 Å². The van der Waals surface area contributed by atoms with Crippen LogP contribution in [0.2, 0.25) is 0 Å². The van der Waals surface area contributed by atoms with E-state index in [1.54, 1.807) is 4.90 Å². The van der Waals surface area contributed by atoms with Crippen LogP contribution in [0.5, 0.6) is 5.75 Å². The molecule has 0 spiro atoms. The molecule has 31 heavy (non-hydrogen) atoms. The maximum Gasteiger partial charge on any atom is 0.262 e. The van der Waals surface area contributed by atoms with Gasteiger partial charge in [-0.1, -0.05) is 30.3 Å². The Kier molecular flexibility index (Phi) is 6.27. The molecular weight excluding hydrogens is 416 g/mol. The highest BCUT2D eigenvalue weighted by atomic mass is 32.2. The first-order valence-electron chi connectivity index (χ1n) is 10.5. The van der Waals surface area contributed by atoms with Gasteiger partial charge in [-0.25, -0.2) is 8.42 Å². The van der Waals surface area contributed by atoms with Crippen LogP contribution in [0.3, 0.4) is 0 Å². The minimum atomic E-state index is -3.63. The van der Waals surface area contributed by atoms with E-state index in [0.29, 0.717) is 30.4 Å². The number of hydrogen-bond acceptors (Lipinski definition) is 5. The van der Waals surface area contributed by atoms with Gasteiger partial charge in [0.05, 0.1) is 16.3 Å². The molecule has 1 saturated heterocycles. The zero-order valence-electron chi connectivity index (χ0n) is 17.2. The summed E-state index contributed by atoms with van der Waals surface area (Å²) in [5, 5.41) is 2.63. The zero-order chi connectivity index (χ0) is 21.8. The standard InChI is InChI=1S/C23H26N2O5S/c26-22-16-30-21-15-19(6-7-20(21)24-22)31(28,29)13-10-23(27)25-11-8-18(9-12-25)14-17-4-2-1-3-5-17/h1-7,15,18H,8-14,16H2,(H,24,26). The maximum atomic E-state index is 12.7. The van der Waals surface area contributed by atoms with Crippen molar-refractivity contribution in [1.29, 1.82) is 0 Å². The summed E-state index contributed by atoms with van der Waals surface area (Å²) < 4.78 is 30.7. The van der Waals surface area contributed by atoms with E-state index in [2.05, 4.69) is 17.4 Å². The molecule has 1 fully saturated rings. The molecule has 2 aromatic rings. The van der Waals surface area contributed by atoms with E-state index in [9.17, 15) is 18.0 Å². The van der Waals surface area contributed by atoms with E-state index < -0.39 is 9.84 Å². The van der Waals surface area contributed by atoms with Gasteiger partial charge in [0.25, 0.3) is 5.91 Å². The van der Waals surface area contributed by atoms with Gasteiger partial charge in [0.1, 0.15) is 5.75 Å². The summed E-state index contributed by atoms with van der Waals surface area (Å²) >= 11 is 0. The number of amides is 2. The number of hydrogen-bond donors (Lipinski definition) is 1. The van der Waals surface area contributed by atoms with E-state index in [1.165, 1.54) is 23.8 Å². The van der Waals surface area contributed by atoms with Crippen molar-refractivity contribution in [3.05, 3.63) is 54.1 Å². The summed E-state index contributed by atoms with van der Waals surface area (Å²) in [6.45, 7) is 1.20. The summed E-state index contributed by atoms with van der Waals surface area (Å²) in [7, 11) is -3.63. The fraction of sp³-hybridized carbons (Fsp3) is 0.391. The first-order chi connectivity index (χ1) is 14.9. The Hall–Kier alpha value is -2.87. The first-order valence-corrected chi connectivity index (χ1v) is 12.2. The number of likely N-dealkylation sites (tertiary alicyclic amines) is 1. The molecule has 0 aliphatic carbocycles. The van der Waals surface area contributed by atoms with Gasteiger partial charge in [-0.3, -0.25) is 9.59 Å². The molecule has 0 unspecified atom stereocenters. The van der Waals surface area contributed by atoms with Crippen molar-refractivity contribution in [2.24, 2.45) is 5.92 Å². The van der Waals surface area contributed by atoms with Gasteiger partial charge in [0.15, 0.2) is 16.4 Å². The molecule has 164 valence electrons. The third-order valence-electron chi connectivity index (χ3n) is 5.86. The molecule has 0 saturated carbocycles. The lowest BCUT2D eigenvalue weighted by molar-refractivity contribution is -0.132. The second-order valence-electron chi connectivity index (χ2n) is 8.08. The Morgan fingerprint density at radius 1 is 1.10 bits per heavy atom. The third kappa shape index (κ3) is 5.25. The average Bonchev–Trinajstić information content (AvgIpc) is 2.78. The van der Waals surface area contributed by atoms with Crippen LogP contribution in [0.4, 0.5) is 5.69 Å². The molecule has 0 bridgehead atoms. The molecular formula is C23H26N2O5S. The molecule has 8 heteroatoms. The van der Waals surface area contributed by atoms with Crippen molar-refractivity contribution in [2.45, 2.75) is 30.6 Å². The van der Waals surface area contributed by atoms with E-state index in [-0.39, 0.29) is 35.5 Å². The molecule has 1 N–H and O–H groups in total. The van der Waals surface area contributed by atoms with E-state index in [1.807, 2.05) is 18.2 Å². The first kappa shape index (κ1) is 21.4. The third-order valence-corrected chi connectivity index (χ3v) is 7.58. The largest absolute Gasteiger partial charge is 0.482 e. The monoisotopic (exact) mass is 442 g/mol. The smallest absolute Gasteiger partial charge is 0.262 e. The molecule has 2 aliphatic heterocycles. The summed E-state index contributed by atoms with van der Waals surface area (Å²) in [6, 6.07) is 14.7. The molecule has 0 atom stereocenters. The van der Waals surface area contributed by atoms with E-state index in [0.717, 1.165) is 19.3 Å². The van der Waals surface area contributed by atoms with E-state index in [4.69, 9.17) is 4.74 Å². The second-order valence-corrected chi connectivity index (χ2v) is 10.2. The Morgan fingerprint density at radius 2 is 1.84 bits per heavy atom. The molecule has 2 amide bonds. The highest BCUT2D eigenvalue weighted by molar-refractivity contribution is 7.91. The number of sulfone groups is 1. The van der Waals surface area contributed by atoms with Crippen molar-refractivity contribution in [3.63, 3.8) is 0 Å². The predicted molar refractivity (Wildman–Crippen MR) is 117 cm³/mol. The lowest BCUT2D eigenvalue weighted by atomic mass is 9.90. The van der Waals surface area contributed by atoms with Crippen molar-refractivity contribution in [1.82, 2.24) is 4.90 Å². The average molecular weight is 443 g/mol. The van der Waals surface area contributed by atoms with Crippen LogP contribution >= 0.6 is 0 Å². The number of ether oxygens (including phenoxy) is 1. The number of piperidine rings is 1. The number of anilines is 1. The quantitative estimate of drug-likeness (QED) is 0.743. The van der Waals surface area contributed by atoms with Crippen LogP contribution in [0.1, 0.15) is 24.8 Å². The summed E-state index contributed by atoms with van der Waals surface area (Å²) in [5.74, 6) is 0.226. The minimum Gasteiger partial charge on any atom is -0.482 e. The Balaban J connectivity index is 1.29. The SMILES string of the molecule is O=C1COc2cc(S(=O)(=O)CCC(=O)N3CCC(Cc4ccccc4)CC3)ccc2N1. The fourth-order valence-corrected chi connectivity index (χ4v) is 5.32. The molecule has 2 heterocycles. The number of nitrogens with one attached hydrogen (secondary N) is 1. The molecule has 7 nitrogen and oxygen atoms in total. The lowest BCUT2D eigenvalue weighted by Crippen LogP contribution is -2.39. The Labute approximate surface area is 182 Å². The Morgan fingerprint density at radius 3 is 2.58 bits per heavy atom. The molecule has 2 aromatic carbocycles. The highest BCUT2D eigenvalue weighted by Crippen LogP contribution is 2.31. The number of fused-ring (bicyclic) bond motifs is 1. The topological polar surface area (TPSA) is 92.8 Å². The molecule has 0 aromatic heterocycles. The molecule has 4 rings (SSSR count). The van der Waals surface area contributed by atoms with Gasteiger partial charge in [0, 0.05) is 25.6 Å². The van der Waals surface area contributed by atoms with Gasteiger partial charge in [-0.15, -0.1) is 0 Å². The lowest BCUT2D eigenvalue weighted by Gasteiger charge is -2.32. The minimum absolute atomic E-state index is 0.0413. The molecule has 2 aliphatic rings. The number of benzene rings is 2. The van der Waals surface area contributed by atoms with Crippen LogP contribution < -0.4 is 10.1 Å². The van der Waals surface area contributed by atoms with Gasteiger partial charge in [-0.05, 0) is 42.9 Å². The van der Waals surface area contributed by atoms with Crippen LogP contribution in [0.25, 0.3) is 0 Å². The zero-order valence-corrected chi connectivity index (χ0v) is 18.1. The van der Waals surface area contributed by atoms with Gasteiger partial charge >= 0.3 is 0 Å². The number of carbonyl (C=O) groups is 2. The second kappa shape index (κ2) is 9.09. The normalized spacial score (nSPS) is 16.9. The number of carbonyl (C=O) groups excluding carboxylic acids is 2. The van der Waals surface area contributed by atoms with E-state index >= 15 is 0 Å². The van der Waals surface area contributed by atoms with Crippen molar-refractivity contribution < 1.29 is 22.7 Å². The van der Waals surface area contributed by atoms with Crippen molar-refractivity contribution in [2.75, 3.05) is 30.8 Å². The van der Waals surface area contributed by atoms with Crippen molar-refractivity contribution in [3.8, 4) is 5.75 Å². The number of nitrogens with zero attached hydrogens (tertiary/aromatic N) is 1. The summed E-state index contributed by atoms with van der Waals surface area (Å²) in [6.07, 6.45) is 2.83. The Bertz CT molecular complexity index is 1060. The van der Waals surface area contributed by atoms with Gasteiger partial charge in [-0.2, -0.15) is 0 Å². The van der Waals surface area contributed by atoms with Crippen LogP contribution in [-0.4, -0.2) is 50.6 Å². The predicted octanol–water partition coefficient (Wildman–Crippen LogP) is 2.66. The van der Waals surface area contributed by atoms with Crippen molar-refractivity contribution >= 4 is 27.3 Å². The summed E-state index contributed by atoms with van der Waals surface area (Å²) in [5.41, 5.74) is 1.76. The molecule has 0 radical (unpaired) electrons. The highest BCUT2D eigenvalue weighted by Gasteiger charge is 2.26. The fourth-order valence-electron chi connectivity index (χ4n) is 4.08. The van der Waals surface area contributed by atoms with Crippen LogP contribution in [-0.2, 0) is 25.8 Å². The summed E-state index contributed by atoms with van der Waals surface area (Å²) in [4.78, 5) is 25.8. The van der Waals surface area contributed by atoms with Crippen LogP contribution in [0.15, 0.2) is 53.4 Å².